The van der Waals surface area contributed by atoms with Crippen LogP contribution in [-0.2, 0) is 14.4 Å². The van der Waals surface area contributed by atoms with Crippen LogP contribution in [0.25, 0.3) is 0 Å². The van der Waals surface area contributed by atoms with Crippen molar-refractivity contribution in [2.24, 2.45) is 5.92 Å². The molecule has 7 heteroatoms. The molecule has 1 aliphatic carbocycles. The number of carbonyl (C=O) groups is 3. The summed E-state index contributed by atoms with van der Waals surface area (Å²) < 4.78 is 0. The van der Waals surface area contributed by atoms with E-state index in [0.29, 0.717) is 24.5 Å². The highest BCUT2D eigenvalue weighted by molar-refractivity contribution is 7.10. The second-order valence-electron chi connectivity index (χ2n) is 8.69. The van der Waals surface area contributed by atoms with E-state index < -0.39 is 6.04 Å². The van der Waals surface area contributed by atoms with Crippen LogP contribution in [0, 0.1) is 5.92 Å². The van der Waals surface area contributed by atoms with Gasteiger partial charge in [-0.05, 0) is 42.3 Å². The number of thiophene rings is 1. The van der Waals surface area contributed by atoms with Crippen LogP contribution in [0.2, 0.25) is 0 Å². The van der Waals surface area contributed by atoms with Crippen molar-refractivity contribution in [2.45, 2.75) is 52.0 Å². The van der Waals surface area contributed by atoms with Crippen LogP contribution in [0.5, 0.6) is 0 Å². The molecule has 32 heavy (non-hydrogen) atoms. The molecule has 1 aliphatic heterocycles. The van der Waals surface area contributed by atoms with Gasteiger partial charge in [-0.1, -0.05) is 32.0 Å². The van der Waals surface area contributed by atoms with Crippen molar-refractivity contribution >= 4 is 40.3 Å². The van der Waals surface area contributed by atoms with Gasteiger partial charge >= 0.3 is 0 Å². The summed E-state index contributed by atoms with van der Waals surface area (Å²) in [5.41, 5.74) is 3.12. The van der Waals surface area contributed by atoms with Gasteiger partial charge in [0, 0.05) is 42.0 Å². The zero-order valence-electron chi connectivity index (χ0n) is 18.5. The van der Waals surface area contributed by atoms with Crippen molar-refractivity contribution in [3.05, 3.63) is 57.9 Å². The molecule has 0 saturated carbocycles. The molecule has 2 amide bonds. The summed E-state index contributed by atoms with van der Waals surface area (Å²) in [6.45, 7) is 4.65. The number of amides is 2. The molecule has 168 valence electrons. The maximum atomic E-state index is 13.6. The number of para-hydroxylation sites is 2. The highest BCUT2D eigenvalue weighted by Crippen LogP contribution is 2.46. The summed E-state index contributed by atoms with van der Waals surface area (Å²) in [7, 11) is 0. The quantitative estimate of drug-likeness (QED) is 0.661. The number of benzene rings is 1. The number of nitrogens with one attached hydrogen (secondary N) is 2. The first-order valence-corrected chi connectivity index (χ1v) is 12.1. The highest BCUT2D eigenvalue weighted by atomic mass is 32.1. The molecule has 1 aromatic carbocycles. The smallest absolute Gasteiger partial charge is 0.228 e. The standard InChI is InChI=1S/C25H29N3O3S/c1-16(2)15-26-22(30)12-13-23(31)28-19-9-4-3-7-17(19)27-18-8-5-10-20(29)24(18)25(28)21-11-6-14-32-21/h3-4,6-7,9,11,14,16,25,27H,5,8,10,12-13,15H2,1-2H3,(H,26,30). The van der Waals surface area contributed by atoms with Crippen LogP contribution in [0.1, 0.15) is 56.9 Å². The first-order valence-electron chi connectivity index (χ1n) is 11.2. The van der Waals surface area contributed by atoms with Gasteiger partial charge in [-0.3, -0.25) is 19.3 Å². The maximum Gasteiger partial charge on any atom is 0.228 e. The normalized spacial score (nSPS) is 18.0. The number of Topliss-reactive ketones (excluding diaryl/α,β-unsaturated/α-hetero) is 1. The van der Waals surface area contributed by atoms with Gasteiger partial charge in [0.1, 0.15) is 6.04 Å². The van der Waals surface area contributed by atoms with Gasteiger partial charge in [-0.2, -0.15) is 0 Å². The Morgan fingerprint density at radius 2 is 1.97 bits per heavy atom. The van der Waals surface area contributed by atoms with Crippen LogP contribution in [0.3, 0.4) is 0 Å². The van der Waals surface area contributed by atoms with Crippen molar-refractivity contribution in [3.63, 3.8) is 0 Å². The van der Waals surface area contributed by atoms with Crippen molar-refractivity contribution in [1.29, 1.82) is 0 Å². The van der Waals surface area contributed by atoms with E-state index in [1.54, 1.807) is 16.2 Å². The molecule has 0 spiro atoms. The highest BCUT2D eigenvalue weighted by Gasteiger charge is 2.39. The third kappa shape index (κ3) is 4.63. The first-order chi connectivity index (χ1) is 15.5. The number of ketones is 1. The largest absolute Gasteiger partial charge is 0.357 e. The van der Waals surface area contributed by atoms with E-state index in [4.69, 9.17) is 0 Å². The Morgan fingerprint density at radius 1 is 1.16 bits per heavy atom. The zero-order chi connectivity index (χ0) is 22.7. The number of allylic oxidation sites excluding steroid dienone is 1. The lowest BCUT2D eigenvalue weighted by Crippen LogP contribution is -2.38. The molecule has 0 bridgehead atoms. The van der Waals surface area contributed by atoms with E-state index in [1.807, 2.05) is 55.6 Å². The SMILES string of the molecule is CC(C)CNC(=O)CCC(=O)N1c2ccccc2NC2=C(C(=O)CCC2)C1c1cccs1. The van der Waals surface area contributed by atoms with Crippen molar-refractivity contribution < 1.29 is 14.4 Å². The van der Waals surface area contributed by atoms with E-state index in [-0.39, 0.29) is 30.4 Å². The fraction of sp³-hybridized carbons (Fsp3) is 0.400. The molecular weight excluding hydrogens is 422 g/mol. The molecule has 1 unspecified atom stereocenters. The van der Waals surface area contributed by atoms with Crippen molar-refractivity contribution in [2.75, 3.05) is 16.8 Å². The third-order valence-electron chi connectivity index (χ3n) is 5.79. The van der Waals surface area contributed by atoms with Gasteiger partial charge in [0.25, 0.3) is 0 Å². The average molecular weight is 452 g/mol. The molecule has 0 saturated heterocycles. The Labute approximate surface area is 192 Å². The second-order valence-corrected chi connectivity index (χ2v) is 9.67. The summed E-state index contributed by atoms with van der Waals surface area (Å²) in [4.78, 5) is 41.7. The van der Waals surface area contributed by atoms with Gasteiger partial charge in [-0.25, -0.2) is 0 Å². The van der Waals surface area contributed by atoms with Gasteiger partial charge in [0.2, 0.25) is 11.8 Å². The lowest BCUT2D eigenvalue weighted by Gasteiger charge is -2.33. The zero-order valence-corrected chi connectivity index (χ0v) is 19.3. The number of anilines is 2. The number of hydrogen-bond acceptors (Lipinski definition) is 5. The molecule has 1 atom stereocenters. The van der Waals surface area contributed by atoms with Crippen LogP contribution < -0.4 is 15.5 Å². The van der Waals surface area contributed by atoms with Crippen molar-refractivity contribution in [1.82, 2.24) is 5.32 Å². The van der Waals surface area contributed by atoms with Gasteiger partial charge in [0.15, 0.2) is 5.78 Å². The molecule has 1 aromatic heterocycles. The van der Waals surface area contributed by atoms with E-state index in [9.17, 15) is 14.4 Å². The number of nitrogens with zero attached hydrogens (tertiary/aromatic N) is 1. The summed E-state index contributed by atoms with van der Waals surface area (Å²) in [6, 6.07) is 11.1. The van der Waals surface area contributed by atoms with Gasteiger partial charge < -0.3 is 10.6 Å². The Balaban J connectivity index is 1.72. The Kier molecular flexibility index (Phi) is 6.74. The molecule has 2 aromatic rings. The van der Waals surface area contributed by atoms with Gasteiger partial charge in [0.05, 0.1) is 11.4 Å². The predicted molar refractivity (Wildman–Crippen MR) is 128 cm³/mol. The monoisotopic (exact) mass is 451 g/mol. The van der Waals surface area contributed by atoms with Crippen LogP contribution in [0.4, 0.5) is 11.4 Å². The molecule has 4 rings (SSSR count). The minimum absolute atomic E-state index is 0.0803. The number of carbonyl (C=O) groups excluding carboxylic acids is 3. The topological polar surface area (TPSA) is 78.5 Å². The molecule has 6 nitrogen and oxygen atoms in total. The van der Waals surface area contributed by atoms with Crippen LogP contribution in [-0.4, -0.2) is 24.1 Å². The molecule has 2 N–H and O–H groups in total. The van der Waals surface area contributed by atoms with E-state index in [0.717, 1.165) is 34.8 Å². The van der Waals surface area contributed by atoms with Crippen molar-refractivity contribution in [3.8, 4) is 0 Å². The van der Waals surface area contributed by atoms with E-state index >= 15 is 0 Å². The Hall–Kier alpha value is -2.93. The minimum atomic E-state index is -0.486. The maximum absolute atomic E-state index is 13.6. The Morgan fingerprint density at radius 3 is 2.72 bits per heavy atom. The van der Waals surface area contributed by atoms with Gasteiger partial charge in [-0.15, -0.1) is 11.3 Å². The summed E-state index contributed by atoms with van der Waals surface area (Å²) >= 11 is 1.54. The molecule has 0 radical (unpaired) electrons. The average Bonchev–Trinajstić information content (AvgIpc) is 3.25. The first kappa shape index (κ1) is 22.3. The fourth-order valence-corrected chi connectivity index (χ4v) is 5.10. The Bertz CT molecular complexity index is 1040. The number of fused-ring (bicyclic) bond motifs is 1. The van der Waals surface area contributed by atoms with E-state index in [1.165, 1.54) is 0 Å². The fourth-order valence-electron chi connectivity index (χ4n) is 4.27. The lowest BCUT2D eigenvalue weighted by atomic mass is 9.88. The number of hydrogen-bond donors (Lipinski definition) is 2. The minimum Gasteiger partial charge on any atom is -0.357 e. The third-order valence-corrected chi connectivity index (χ3v) is 6.72. The second kappa shape index (κ2) is 9.69. The van der Waals surface area contributed by atoms with Crippen LogP contribution in [0.15, 0.2) is 53.0 Å². The van der Waals surface area contributed by atoms with Crippen LogP contribution >= 0.6 is 11.3 Å². The predicted octanol–water partition coefficient (Wildman–Crippen LogP) is 4.81. The molecular formula is C25H29N3O3S. The van der Waals surface area contributed by atoms with E-state index in [2.05, 4.69) is 10.6 Å². The summed E-state index contributed by atoms with van der Waals surface area (Å²) in [6.07, 6.45) is 2.26. The summed E-state index contributed by atoms with van der Waals surface area (Å²) in [5.74, 6) is 0.139. The molecule has 2 heterocycles. The molecule has 0 fully saturated rings. The lowest BCUT2D eigenvalue weighted by molar-refractivity contribution is -0.125. The summed E-state index contributed by atoms with van der Waals surface area (Å²) in [5, 5.41) is 8.30. The number of rotatable bonds is 6. The molecule has 2 aliphatic rings.